The minimum atomic E-state index is 0. The van der Waals surface area contributed by atoms with Gasteiger partial charge in [-0.3, -0.25) is 0 Å². The van der Waals surface area contributed by atoms with Gasteiger partial charge in [0.15, 0.2) is 6.20 Å². The van der Waals surface area contributed by atoms with Crippen molar-refractivity contribution in [2.45, 2.75) is 0 Å². The van der Waals surface area contributed by atoms with E-state index in [0.717, 1.165) is 37.6 Å². The number of rotatable bonds is 5. The third kappa shape index (κ3) is 7.60. The maximum Gasteiger partial charge on any atom is 1.00 e. The standard InChI is InChI=1S/C50H30N2S2.C9H7NO.Li/c1-2-10-36-29-37(26-17-31(36)9-1)38-27-28-41-42(30-38)48(33-20-24-35(25-21-33)50-52-44-14-6-8-16-46(44)54-50)40-12-4-3-11-39(40)47(41)32-18-22-34(23-19-32)49-51-43-13-5-7-15-45(43)53-49;11-8-5-1-3-7-4-2-6-10-9(7)8;/h1-30H;1-6,11H;/q;;+1. The fourth-order valence-corrected chi connectivity index (χ4v) is 11.0. The molecule has 0 amide bonds. The summed E-state index contributed by atoms with van der Waals surface area (Å²) in [6.07, 6.45) is 1.75. The first-order chi connectivity index (χ1) is 32.1. The zero-order chi connectivity index (χ0) is 43.3. The molecule has 10 aromatic carbocycles. The molecule has 0 radical (unpaired) electrons. The van der Waals surface area contributed by atoms with Crippen LogP contribution in [-0.2, 0) is 0 Å². The molecule has 0 atom stereocenters. The Morgan fingerprint density at radius 2 is 0.833 bits per heavy atom. The second-order valence-corrected chi connectivity index (χ2v) is 18.2. The molecule has 1 N–H and O–H groups in total. The Morgan fingerprint density at radius 1 is 0.364 bits per heavy atom. The van der Waals surface area contributed by atoms with Gasteiger partial charge in [0.2, 0.25) is 5.52 Å². The Morgan fingerprint density at radius 3 is 1.45 bits per heavy atom. The summed E-state index contributed by atoms with van der Waals surface area (Å²) in [5.41, 5.74) is 12.3. The van der Waals surface area contributed by atoms with Gasteiger partial charge in [-0.15, -0.1) is 22.7 Å². The van der Waals surface area contributed by atoms with Gasteiger partial charge >= 0.3 is 18.9 Å². The fraction of sp³-hybridized carbons (Fsp3) is 0. The van der Waals surface area contributed by atoms with Crippen LogP contribution in [0, 0.1) is 0 Å². The first-order valence-electron chi connectivity index (χ1n) is 21.6. The van der Waals surface area contributed by atoms with Crippen LogP contribution in [0.15, 0.2) is 219 Å². The summed E-state index contributed by atoms with van der Waals surface area (Å²) >= 11 is 3.49. The molecule has 0 saturated heterocycles. The summed E-state index contributed by atoms with van der Waals surface area (Å²) in [5, 5.41) is 21.6. The average Bonchev–Trinajstić information content (AvgIpc) is 4.01. The smallest absolute Gasteiger partial charge is 0.868 e. The van der Waals surface area contributed by atoms with E-state index in [0.29, 0.717) is 5.52 Å². The number of thiazole rings is 2. The van der Waals surface area contributed by atoms with Crippen LogP contribution in [0.3, 0.4) is 0 Å². The normalized spacial score (nSPS) is 11.3. The largest absolute Gasteiger partial charge is 1.00 e. The Labute approximate surface area is 401 Å². The van der Waals surface area contributed by atoms with Crippen LogP contribution in [-0.4, -0.2) is 9.97 Å². The van der Waals surface area contributed by atoms with Crippen LogP contribution >= 0.6 is 22.7 Å². The SMILES string of the molecule is [Li+].[O-]c1cccc2ccc[nH+]c12.c1ccc2cc(-c3ccc4c(-c5ccc(-c6nc7ccccc7s6)cc5)c5ccccc5c(-c5ccc(-c6nc7ccccc7s6)cc5)c4c3)ccc2c1. The number of aromatic nitrogens is 3. The van der Waals surface area contributed by atoms with Gasteiger partial charge in [0, 0.05) is 22.6 Å². The molecule has 0 aliphatic heterocycles. The van der Waals surface area contributed by atoms with E-state index in [4.69, 9.17) is 9.97 Å². The predicted octanol–water partition coefficient (Wildman–Crippen LogP) is 12.4. The topological polar surface area (TPSA) is 63.0 Å². The van der Waals surface area contributed by atoms with Crippen molar-refractivity contribution in [2.24, 2.45) is 0 Å². The molecule has 4 nitrogen and oxygen atoms in total. The predicted molar refractivity (Wildman–Crippen MR) is 272 cm³/mol. The molecule has 0 unspecified atom stereocenters. The molecule has 7 heteroatoms. The Bertz CT molecular complexity index is 3850. The zero-order valence-electron chi connectivity index (χ0n) is 35.9. The van der Waals surface area contributed by atoms with Crippen molar-refractivity contribution in [2.75, 3.05) is 0 Å². The molecule has 66 heavy (non-hydrogen) atoms. The van der Waals surface area contributed by atoms with Crippen LogP contribution in [0.2, 0.25) is 0 Å². The molecule has 13 rings (SSSR count). The number of benzene rings is 10. The number of aromatic amines is 1. The third-order valence-electron chi connectivity index (χ3n) is 12.2. The number of pyridine rings is 1. The molecule has 0 aliphatic carbocycles. The van der Waals surface area contributed by atoms with Gasteiger partial charge in [-0.05, 0) is 120 Å². The number of hydrogen-bond donors (Lipinski definition) is 0. The van der Waals surface area contributed by atoms with Crippen LogP contribution in [0.25, 0.3) is 118 Å². The Hall–Kier alpha value is -7.43. The van der Waals surface area contributed by atoms with Gasteiger partial charge in [-0.1, -0.05) is 158 Å². The van der Waals surface area contributed by atoms with E-state index in [1.807, 2.05) is 18.2 Å². The average molecular weight is 875 g/mol. The van der Waals surface area contributed by atoms with Crippen LogP contribution < -0.4 is 29.0 Å². The molecule has 13 aromatic rings. The maximum atomic E-state index is 11.1. The molecule has 0 aliphatic rings. The van der Waals surface area contributed by atoms with Gasteiger partial charge in [0.05, 0.1) is 20.4 Å². The number of hydrogen-bond acceptors (Lipinski definition) is 5. The monoisotopic (exact) mass is 874 g/mol. The number of H-pyrrole nitrogens is 1. The van der Waals surface area contributed by atoms with E-state index in [-0.39, 0.29) is 24.6 Å². The number of nitrogens with one attached hydrogen (secondary N) is 1. The van der Waals surface area contributed by atoms with Crippen LogP contribution in [0.1, 0.15) is 0 Å². The van der Waals surface area contributed by atoms with E-state index in [2.05, 4.69) is 187 Å². The van der Waals surface area contributed by atoms with Crippen molar-refractivity contribution >= 4 is 86.3 Å². The third-order valence-corrected chi connectivity index (χ3v) is 14.4. The molecule has 3 aromatic heterocycles. The van der Waals surface area contributed by atoms with E-state index in [1.54, 1.807) is 41.0 Å². The first-order valence-corrected chi connectivity index (χ1v) is 23.2. The van der Waals surface area contributed by atoms with E-state index in [1.165, 1.54) is 75.1 Å². The summed E-state index contributed by atoms with van der Waals surface area (Å²) < 4.78 is 2.41. The van der Waals surface area contributed by atoms with Gasteiger partial charge in [0.1, 0.15) is 10.0 Å². The second kappa shape index (κ2) is 17.5. The number of fused-ring (bicyclic) bond motifs is 6. The van der Waals surface area contributed by atoms with Crippen molar-refractivity contribution < 1.29 is 29.0 Å². The minimum absolute atomic E-state index is 0. The van der Waals surface area contributed by atoms with Gasteiger partial charge in [-0.2, -0.15) is 0 Å². The van der Waals surface area contributed by atoms with Crippen molar-refractivity contribution in [1.29, 1.82) is 0 Å². The van der Waals surface area contributed by atoms with Crippen molar-refractivity contribution in [3.63, 3.8) is 0 Å². The molecule has 306 valence electrons. The molecular formula is C59H37LiN3OS2+. The minimum Gasteiger partial charge on any atom is -0.868 e. The van der Waals surface area contributed by atoms with Gasteiger partial charge in [0.25, 0.3) is 0 Å². The van der Waals surface area contributed by atoms with E-state index in [9.17, 15) is 5.11 Å². The molecule has 3 heterocycles. The Balaban J connectivity index is 0.000000352. The molecular weight excluding hydrogens is 838 g/mol. The van der Waals surface area contributed by atoms with Crippen LogP contribution in [0.5, 0.6) is 5.75 Å². The summed E-state index contributed by atoms with van der Waals surface area (Å²) in [6, 6.07) is 75.1. The second-order valence-electron chi connectivity index (χ2n) is 16.1. The van der Waals surface area contributed by atoms with Crippen molar-refractivity contribution in [3.8, 4) is 60.3 Å². The quantitative estimate of drug-likeness (QED) is 0.128. The zero-order valence-corrected chi connectivity index (χ0v) is 37.5. The van der Waals surface area contributed by atoms with Gasteiger partial charge < -0.3 is 5.11 Å². The summed E-state index contributed by atoms with van der Waals surface area (Å²) in [5.74, 6) is 0.0445. The molecule has 0 bridgehead atoms. The van der Waals surface area contributed by atoms with E-state index < -0.39 is 0 Å². The van der Waals surface area contributed by atoms with Crippen molar-refractivity contribution in [3.05, 3.63) is 219 Å². The van der Waals surface area contributed by atoms with E-state index >= 15 is 0 Å². The molecule has 0 fully saturated rings. The van der Waals surface area contributed by atoms with Crippen LogP contribution in [0.4, 0.5) is 0 Å². The van der Waals surface area contributed by atoms with Crippen molar-refractivity contribution in [1.82, 2.24) is 9.97 Å². The Kier molecular flexibility index (Phi) is 11.0. The maximum absolute atomic E-state index is 11.1. The van der Waals surface area contributed by atoms with Gasteiger partial charge in [-0.25, -0.2) is 15.0 Å². The summed E-state index contributed by atoms with van der Waals surface area (Å²) in [7, 11) is 0. The number of nitrogens with zero attached hydrogens (tertiary/aromatic N) is 2. The molecule has 0 spiro atoms. The summed E-state index contributed by atoms with van der Waals surface area (Å²) in [6.45, 7) is 0. The molecule has 0 saturated carbocycles. The fourth-order valence-electron chi connectivity index (χ4n) is 9.02. The summed E-state index contributed by atoms with van der Waals surface area (Å²) in [4.78, 5) is 12.8. The number of para-hydroxylation sites is 3. The first kappa shape index (κ1) is 41.3.